The molecule has 1 aliphatic heterocycles. The molecule has 0 aromatic heterocycles. The van der Waals surface area contributed by atoms with Gasteiger partial charge in [-0.15, -0.1) is 11.8 Å². The zero-order valence-electron chi connectivity index (χ0n) is 13.3. The normalized spacial score (nSPS) is 23.5. The molecule has 3 nitrogen and oxygen atoms in total. The van der Waals surface area contributed by atoms with Gasteiger partial charge >= 0.3 is 0 Å². The van der Waals surface area contributed by atoms with E-state index < -0.39 is 5.72 Å². The average Bonchev–Trinajstić information content (AvgIpc) is 2.83. The second kappa shape index (κ2) is 6.60. The minimum atomic E-state index is -0.898. The minimum Gasteiger partial charge on any atom is -0.370 e. The Morgan fingerprint density at radius 2 is 1.74 bits per heavy atom. The molecule has 1 aliphatic rings. The lowest BCUT2D eigenvalue weighted by Gasteiger charge is -2.31. The zero-order valence-corrected chi connectivity index (χ0v) is 14.1. The summed E-state index contributed by atoms with van der Waals surface area (Å²) in [7, 11) is 0. The molecule has 1 fully saturated rings. The molecule has 0 bridgehead atoms. The Balaban J connectivity index is 1.93. The first-order chi connectivity index (χ1) is 11.1. The molecule has 1 saturated heterocycles. The van der Waals surface area contributed by atoms with Crippen LogP contribution in [0.1, 0.15) is 13.8 Å². The number of hydrogen-bond donors (Lipinski definition) is 1. The van der Waals surface area contributed by atoms with Crippen LogP contribution in [0.15, 0.2) is 76.8 Å². The van der Waals surface area contributed by atoms with Crippen LogP contribution >= 0.6 is 11.8 Å². The van der Waals surface area contributed by atoms with Crippen LogP contribution in [0.2, 0.25) is 0 Å². The van der Waals surface area contributed by atoms with Gasteiger partial charge in [0.15, 0.2) is 0 Å². The first kappa shape index (κ1) is 15.8. The van der Waals surface area contributed by atoms with E-state index in [-0.39, 0.29) is 0 Å². The molecule has 2 aromatic rings. The highest BCUT2D eigenvalue weighted by molar-refractivity contribution is 8.03. The number of anilines is 1. The van der Waals surface area contributed by atoms with E-state index in [9.17, 15) is 5.11 Å². The number of thioether (sulfide) groups is 1. The number of para-hydroxylation sites is 2. The second-order valence-corrected chi connectivity index (χ2v) is 6.74. The SMILES string of the molecule is CC(/C=C1/SC[C@](C)(O)N1c1ccccc1)=Nc1ccccc1. The zero-order chi connectivity index (χ0) is 16.3. The molecule has 4 heteroatoms. The summed E-state index contributed by atoms with van der Waals surface area (Å²) in [5.74, 6) is 0.631. The predicted molar refractivity (Wildman–Crippen MR) is 99.3 cm³/mol. The minimum absolute atomic E-state index is 0.631. The van der Waals surface area contributed by atoms with Crippen LogP contribution in [0.25, 0.3) is 0 Å². The third kappa shape index (κ3) is 3.66. The Bertz CT molecular complexity index is 724. The monoisotopic (exact) mass is 324 g/mol. The van der Waals surface area contributed by atoms with Gasteiger partial charge in [0.1, 0.15) is 5.72 Å². The van der Waals surface area contributed by atoms with Crippen LogP contribution in [-0.2, 0) is 0 Å². The molecule has 0 aliphatic carbocycles. The summed E-state index contributed by atoms with van der Waals surface area (Å²) in [4.78, 5) is 6.59. The lowest BCUT2D eigenvalue weighted by atomic mass is 10.2. The van der Waals surface area contributed by atoms with Crippen LogP contribution < -0.4 is 4.90 Å². The Morgan fingerprint density at radius 3 is 2.39 bits per heavy atom. The third-order valence-electron chi connectivity index (χ3n) is 3.60. The van der Waals surface area contributed by atoms with Gasteiger partial charge in [-0.05, 0) is 44.2 Å². The smallest absolute Gasteiger partial charge is 0.149 e. The molecular formula is C19H20N2OS. The largest absolute Gasteiger partial charge is 0.370 e. The highest BCUT2D eigenvalue weighted by Crippen LogP contribution is 2.41. The maximum Gasteiger partial charge on any atom is 0.149 e. The highest BCUT2D eigenvalue weighted by atomic mass is 32.2. The summed E-state index contributed by atoms with van der Waals surface area (Å²) in [5.41, 5.74) is 1.94. The fourth-order valence-electron chi connectivity index (χ4n) is 2.58. The van der Waals surface area contributed by atoms with E-state index in [1.165, 1.54) is 0 Å². The van der Waals surface area contributed by atoms with Gasteiger partial charge in [-0.2, -0.15) is 0 Å². The Morgan fingerprint density at radius 1 is 1.13 bits per heavy atom. The number of rotatable bonds is 3. The van der Waals surface area contributed by atoms with Crippen molar-refractivity contribution in [3.63, 3.8) is 0 Å². The van der Waals surface area contributed by atoms with Gasteiger partial charge in [0.05, 0.1) is 10.7 Å². The molecule has 1 N–H and O–H groups in total. The van der Waals surface area contributed by atoms with Crippen molar-refractivity contribution in [2.75, 3.05) is 10.7 Å². The van der Waals surface area contributed by atoms with Gasteiger partial charge in [-0.25, -0.2) is 0 Å². The van der Waals surface area contributed by atoms with E-state index in [0.717, 1.165) is 22.1 Å². The number of aliphatic hydroxyl groups is 1. The maximum absolute atomic E-state index is 10.7. The molecule has 0 radical (unpaired) electrons. The van der Waals surface area contributed by atoms with Crippen LogP contribution in [-0.4, -0.2) is 22.3 Å². The van der Waals surface area contributed by atoms with E-state index in [4.69, 9.17) is 0 Å². The van der Waals surface area contributed by atoms with Gasteiger partial charge in [-0.1, -0.05) is 36.4 Å². The van der Waals surface area contributed by atoms with Gasteiger partial charge in [-0.3, -0.25) is 4.99 Å². The van der Waals surface area contributed by atoms with Crippen LogP contribution in [0.3, 0.4) is 0 Å². The van der Waals surface area contributed by atoms with E-state index in [1.54, 1.807) is 11.8 Å². The van der Waals surface area contributed by atoms with Crippen molar-refractivity contribution < 1.29 is 5.11 Å². The van der Waals surface area contributed by atoms with Crippen LogP contribution in [0.5, 0.6) is 0 Å². The second-order valence-electron chi connectivity index (χ2n) is 5.75. The third-order valence-corrected chi connectivity index (χ3v) is 4.89. The molecule has 0 amide bonds. The summed E-state index contributed by atoms with van der Waals surface area (Å²) in [6, 6.07) is 19.9. The summed E-state index contributed by atoms with van der Waals surface area (Å²) >= 11 is 1.65. The van der Waals surface area contributed by atoms with Crippen molar-refractivity contribution in [2.24, 2.45) is 4.99 Å². The Labute approximate surface area is 141 Å². The summed E-state index contributed by atoms with van der Waals surface area (Å²) in [5, 5.41) is 11.7. The fourth-order valence-corrected chi connectivity index (χ4v) is 3.82. The van der Waals surface area contributed by atoms with Crippen LogP contribution in [0, 0.1) is 0 Å². The summed E-state index contributed by atoms with van der Waals surface area (Å²) in [6.45, 7) is 3.83. The van der Waals surface area contributed by atoms with Crippen molar-refractivity contribution in [1.82, 2.24) is 0 Å². The van der Waals surface area contributed by atoms with E-state index >= 15 is 0 Å². The van der Waals surface area contributed by atoms with Crippen LogP contribution in [0.4, 0.5) is 11.4 Å². The van der Waals surface area contributed by atoms with Crippen molar-refractivity contribution in [3.8, 4) is 0 Å². The Hall–Kier alpha value is -2.04. The number of allylic oxidation sites excluding steroid dienone is 1. The fraction of sp³-hybridized carbons (Fsp3) is 0.211. The number of benzene rings is 2. The predicted octanol–water partition coefficient (Wildman–Crippen LogP) is 4.58. The molecular weight excluding hydrogens is 304 g/mol. The van der Waals surface area contributed by atoms with Crippen molar-refractivity contribution in [3.05, 3.63) is 71.8 Å². The highest BCUT2D eigenvalue weighted by Gasteiger charge is 2.38. The Kier molecular flexibility index (Phi) is 4.55. The topological polar surface area (TPSA) is 35.8 Å². The van der Waals surface area contributed by atoms with E-state index in [0.29, 0.717) is 5.75 Å². The van der Waals surface area contributed by atoms with Gasteiger partial charge in [0.2, 0.25) is 0 Å². The molecule has 1 heterocycles. The van der Waals surface area contributed by atoms with E-state index in [1.807, 2.05) is 85.5 Å². The first-order valence-electron chi connectivity index (χ1n) is 7.59. The number of aliphatic imine (C=N–C) groups is 1. The van der Waals surface area contributed by atoms with Crippen molar-refractivity contribution in [2.45, 2.75) is 19.6 Å². The molecule has 23 heavy (non-hydrogen) atoms. The molecule has 118 valence electrons. The van der Waals surface area contributed by atoms with Crippen molar-refractivity contribution >= 4 is 28.8 Å². The number of hydrogen-bond acceptors (Lipinski definition) is 4. The number of nitrogens with zero attached hydrogens (tertiary/aromatic N) is 2. The quantitative estimate of drug-likeness (QED) is 0.839. The molecule has 0 unspecified atom stereocenters. The average molecular weight is 324 g/mol. The first-order valence-corrected chi connectivity index (χ1v) is 8.57. The standard InChI is InChI=1S/C19H20N2OS/c1-15(20-16-9-5-3-6-10-16)13-18-21(19(2,22)14-23-18)17-11-7-4-8-12-17/h3-13,22H,14H2,1-2H3/b18-13+,20-15?/t19-/m0/s1. The molecule has 1 atom stereocenters. The van der Waals surface area contributed by atoms with Gasteiger partial charge < -0.3 is 10.0 Å². The van der Waals surface area contributed by atoms with Gasteiger partial charge in [0, 0.05) is 17.2 Å². The molecule has 0 spiro atoms. The molecule has 2 aromatic carbocycles. The summed E-state index contributed by atoms with van der Waals surface area (Å²) in [6.07, 6.45) is 2.03. The lowest BCUT2D eigenvalue weighted by molar-refractivity contribution is 0.0950. The van der Waals surface area contributed by atoms with Crippen molar-refractivity contribution in [1.29, 1.82) is 0 Å². The lowest BCUT2D eigenvalue weighted by Crippen LogP contribution is -2.42. The molecule has 3 rings (SSSR count). The van der Waals surface area contributed by atoms with Gasteiger partial charge in [0.25, 0.3) is 0 Å². The van der Waals surface area contributed by atoms with E-state index in [2.05, 4.69) is 4.99 Å². The summed E-state index contributed by atoms with van der Waals surface area (Å²) < 4.78 is 0. The maximum atomic E-state index is 10.7. The molecule has 0 saturated carbocycles.